The number of carbonyl (C=O) groups excluding carboxylic acids is 1. The van der Waals surface area contributed by atoms with E-state index >= 15 is 0 Å². The third-order valence-corrected chi connectivity index (χ3v) is 4.73. The first-order valence-corrected chi connectivity index (χ1v) is 8.54. The molecule has 0 saturated carbocycles. The third-order valence-electron chi connectivity index (χ3n) is 4.73. The van der Waals surface area contributed by atoms with Crippen LogP contribution in [0.15, 0.2) is 30.3 Å². The first-order chi connectivity index (χ1) is 10.8. The summed E-state index contributed by atoms with van der Waals surface area (Å²) >= 11 is 0. The second-order valence-corrected chi connectivity index (χ2v) is 7.94. The van der Waals surface area contributed by atoms with Crippen LogP contribution < -0.4 is 5.73 Å². The van der Waals surface area contributed by atoms with Crippen molar-refractivity contribution < 1.29 is 4.79 Å². The van der Waals surface area contributed by atoms with Gasteiger partial charge in [-0.05, 0) is 29.9 Å². The highest BCUT2D eigenvalue weighted by molar-refractivity contribution is 5.85. The molecule has 1 fully saturated rings. The molecule has 1 aromatic rings. The zero-order valence-corrected chi connectivity index (χ0v) is 17.4. The minimum Gasteiger partial charge on any atom is -0.344 e. The topological polar surface area (TPSA) is 49.6 Å². The number of benzene rings is 1. The molecule has 0 bridgehead atoms. The zero-order valence-electron chi connectivity index (χ0n) is 15.8. The molecule has 4 nitrogen and oxygen atoms in total. The predicted molar refractivity (Wildman–Crippen MR) is 109 cm³/mol. The summed E-state index contributed by atoms with van der Waals surface area (Å²) in [4.78, 5) is 16.7. The molecule has 1 amide bonds. The summed E-state index contributed by atoms with van der Waals surface area (Å²) in [5.41, 5.74) is 7.26. The lowest BCUT2D eigenvalue weighted by molar-refractivity contribution is -0.134. The summed E-state index contributed by atoms with van der Waals surface area (Å²) in [6.07, 6.45) is 1.15. The minimum absolute atomic E-state index is 0. The molecule has 0 aromatic heterocycles. The minimum atomic E-state index is -0.436. The molecule has 144 valence electrons. The molecule has 6 heteroatoms. The standard InChI is InChI=1S/C19H31N3O.2ClH/c1-19(2,3)17(20)18(23)21(4)12-16-10-11-22(14-16)13-15-8-6-5-7-9-15;;/h5-9,16-17H,10-14,20H2,1-4H3;2*1H/t16?,17-;;/m1../s1. The fourth-order valence-corrected chi connectivity index (χ4v) is 3.13. The SMILES string of the molecule is CN(CC1CCN(Cc2ccccc2)C1)C(=O)[C@@H](N)C(C)(C)C.Cl.Cl. The summed E-state index contributed by atoms with van der Waals surface area (Å²) in [6, 6.07) is 10.1. The van der Waals surface area contributed by atoms with Crippen LogP contribution in [0.2, 0.25) is 0 Å². The Kier molecular flexibility index (Phi) is 10.0. The van der Waals surface area contributed by atoms with Crippen LogP contribution in [0.3, 0.4) is 0 Å². The van der Waals surface area contributed by atoms with Gasteiger partial charge in [0.2, 0.25) is 5.91 Å². The van der Waals surface area contributed by atoms with E-state index in [0.717, 1.165) is 32.6 Å². The van der Waals surface area contributed by atoms with Crippen LogP contribution in [0, 0.1) is 11.3 Å². The van der Waals surface area contributed by atoms with Crippen molar-refractivity contribution in [2.24, 2.45) is 17.1 Å². The lowest BCUT2D eigenvalue weighted by Gasteiger charge is -2.31. The van der Waals surface area contributed by atoms with Crippen molar-refractivity contribution in [2.45, 2.75) is 39.8 Å². The number of carbonyl (C=O) groups is 1. The molecule has 2 N–H and O–H groups in total. The van der Waals surface area contributed by atoms with Crippen LogP contribution in [0.25, 0.3) is 0 Å². The average Bonchev–Trinajstić information content (AvgIpc) is 2.92. The maximum absolute atomic E-state index is 12.4. The largest absolute Gasteiger partial charge is 0.344 e. The lowest BCUT2D eigenvalue weighted by atomic mass is 9.86. The number of likely N-dealkylation sites (tertiary alicyclic amines) is 1. The average molecular weight is 390 g/mol. The molecule has 1 aliphatic heterocycles. The number of likely N-dealkylation sites (N-methyl/N-ethyl adjacent to an activating group) is 1. The van der Waals surface area contributed by atoms with E-state index in [1.807, 2.05) is 32.7 Å². The van der Waals surface area contributed by atoms with Gasteiger partial charge in [0.15, 0.2) is 0 Å². The first-order valence-electron chi connectivity index (χ1n) is 8.54. The second-order valence-electron chi connectivity index (χ2n) is 7.94. The number of halogens is 2. The monoisotopic (exact) mass is 389 g/mol. The Morgan fingerprint density at radius 1 is 1.28 bits per heavy atom. The van der Waals surface area contributed by atoms with Crippen LogP contribution in [0.1, 0.15) is 32.8 Å². The first kappa shape index (κ1) is 24.2. The van der Waals surface area contributed by atoms with Gasteiger partial charge in [0, 0.05) is 26.7 Å². The van der Waals surface area contributed by atoms with E-state index in [-0.39, 0.29) is 36.1 Å². The Hall–Kier alpha value is -0.810. The molecule has 1 saturated heterocycles. The number of rotatable bonds is 5. The van der Waals surface area contributed by atoms with Gasteiger partial charge in [-0.25, -0.2) is 0 Å². The lowest BCUT2D eigenvalue weighted by Crippen LogP contribution is -2.50. The summed E-state index contributed by atoms with van der Waals surface area (Å²) in [6.45, 7) is 10.00. The van der Waals surface area contributed by atoms with Crippen molar-refractivity contribution in [1.82, 2.24) is 9.80 Å². The van der Waals surface area contributed by atoms with E-state index in [1.165, 1.54) is 5.56 Å². The van der Waals surface area contributed by atoms with Gasteiger partial charge in [-0.15, -0.1) is 24.8 Å². The van der Waals surface area contributed by atoms with Gasteiger partial charge in [-0.2, -0.15) is 0 Å². The van der Waals surface area contributed by atoms with Crippen LogP contribution in [0.5, 0.6) is 0 Å². The van der Waals surface area contributed by atoms with Crippen molar-refractivity contribution >= 4 is 30.7 Å². The molecule has 0 aliphatic carbocycles. The highest BCUT2D eigenvalue weighted by atomic mass is 35.5. The Bertz CT molecular complexity index is 519. The van der Waals surface area contributed by atoms with Gasteiger partial charge in [-0.3, -0.25) is 9.69 Å². The third kappa shape index (κ3) is 7.14. The highest BCUT2D eigenvalue weighted by Gasteiger charge is 2.31. The molecular weight excluding hydrogens is 357 g/mol. The van der Waals surface area contributed by atoms with Crippen LogP contribution in [0.4, 0.5) is 0 Å². The molecule has 0 radical (unpaired) electrons. The summed E-state index contributed by atoms with van der Waals surface area (Å²) in [7, 11) is 1.88. The zero-order chi connectivity index (χ0) is 17.0. The summed E-state index contributed by atoms with van der Waals surface area (Å²) in [5.74, 6) is 0.596. The van der Waals surface area contributed by atoms with E-state index in [4.69, 9.17) is 5.73 Å². The number of hydrogen-bond donors (Lipinski definition) is 1. The molecule has 1 aromatic carbocycles. The van der Waals surface area contributed by atoms with Crippen LogP contribution in [-0.4, -0.2) is 48.4 Å². The Balaban J connectivity index is 0.00000288. The molecule has 25 heavy (non-hydrogen) atoms. The Morgan fingerprint density at radius 3 is 2.44 bits per heavy atom. The Labute approximate surface area is 164 Å². The second kappa shape index (κ2) is 10.4. The van der Waals surface area contributed by atoms with E-state index in [0.29, 0.717) is 5.92 Å². The van der Waals surface area contributed by atoms with Gasteiger partial charge in [0.25, 0.3) is 0 Å². The molecule has 2 atom stereocenters. The maximum Gasteiger partial charge on any atom is 0.239 e. The number of amides is 1. The molecule has 1 heterocycles. The van der Waals surface area contributed by atoms with E-state index in [9.17, 15) is 4.79 Å². The fraction of sp³-hybridized carbons (Fsp3) is 0.632. The van der Waals surface area contributed by atoms with Crippen molar-refractivity contribution in [2.75, 3.05) is 26.7 Å². The Morgan fingerprint density at radius 2 is 1.88 bits per heavy atom. The number of nitrogens with zero attached hydrogens (tertiary/aromatic N) is 2. The van der Waals surface area contributed by atoms with Gasteiger partial charge in [0.05, 0.1) is 6.04 Å². The number of nitrogens with two attached hydrogens (primary N) is 1. The summed E-state index contributed by atoms with van der Waals surface area (Å²) in [5, 5.41) is 0. The van der Waals surface area contributed by atoms with Gasteiger partial charge < -0.3 is 10.6 Å². The maximum atomic E-state index is 12.4. The van der Waals surface area contributed by atoms with Crippen molar-refractivity contribution in [3.63, 3.8) is 0 Å². The summed E-state index contributed by atoms with van der Waals surface area (Å²) < 4.78 is 0. The van der Waals surface area contributed by atoms with Crippen LogP contribution >= 0.6 is 24.8 Å². The quantitative estimate of drug-likeness (QED) is 0.840. The predicted octanol–water partition coefficient (Wildman–Crippen LogP) is 3.18. The van der Waals surface area contributed by atoms with Gasteiger partial charge >= 0.3 is 0 Å². The van der Waals surface area contributed by atoms with Gasteiger partial charge in [-0.1, -0.05) is 51.1 Å². The number of hydrogen-bond acceptors (Lipinski definition) is 3. The highest BCUT2D eigenvalue weighted by Crippen LogP contribution is 2.22. The van der Waals surface area contributed by atoms with Crippen LogP contribution in [-0.2, 0) is 11.3 Å². The van der Waals surface area contributed by atoms with E-state index in [2.05, 4.69) is 35.2 Å². The van der Waals surface area contributed by atoms with Crippen molar-refractivity contribution in [1.29, 1.82) is 0 Å². The van der Waals surface area contributed by atoms with E-state index in [1.54, 1.807) is 0 Å². The molecule has 1 aliphatic rings. The smallest absolute Gasteiger partial charge is 0.239 e. The molecule has 1 unspecified atom stereocenters. The van der Waals surface area contributed by atoms with E-state index < -0.39 is 6.04 Å². The van der Waals surface area contributed by atoms with Crippen molar-refractivity contribution in [3.8, 4) is 0 Å². The molecule has 2 rings (SSSR count). The van der Waals surface area contributed by atoms with Gasteiger partial charge in [0.1, 0.15) is 0 Å². The molecule has 0 spiro atoms. The fourth-order valence-electron chi connectivity index (χ4n) is 3.13. The normalized spacial score (nSPS) is 18.8. The molecular formula is C19H33Cl2N3O. The van der Waals surface area contributed by atoms with Crippen molar-refractivity contribution in [3.05, 3.63) is 35.9 Å².